The Bertz CT molecular complexity index is 1140. The molecule has 0 bridgehead atoms. The van der Waals surface area contributed by atoms with Gasteiger partial charge in [-0.3, -0.25) is 4.79 Å². The zero-order valence-corrected chi connectivity index (χ0v) is 16.9. The Morgan fingerprint density at radius 3 is 2.63 bits per heavy atom. The summed E-state index contributed by atoms with van der Waals surface area (Å²) in [6, 6.07) is 23.2. The van der Waals surface area contributed by atoms with Crippen LogP contribution in [0, 0.1) is 0 Å². The van der Waals surface area contributed by atoms with Crippen molar-refractivity contribution in [3.05, 3.63) is 95.7 Å². The van der Waals surface area contributed by atoms with E-state index in [1.165, 1.54) is 0 Å². The molecular formula is C25H24N2O3. The Labute approximate surface area is 175 Å². The largest absolute Gasteiger partial charge is 0.497 e. The molecule has 0 saturated carbocycles. The molecule has 0 spiro atoms. The summed E-state index contributed by atoms with van der Waals surface area (Å²) in [7, 11) is 1.66. The van der Waals surface area contributed by atoms with E-state index in [1.54, 1.807) is 13.2 Å². The number of fused-ring (bicyclic) bond motifs is 1. The van der Waals surface area contributed by atoms with E-state index in [9.17, 15) is 4.79 Å². The summed E-state index contributed by atoms with van der Waals surface area (Å²) in [5.41, 5.74) is 3.78. The molecule has 0 radical (unpaired) electrons. The molecule has 0 aliphatic rings. The van der Waals surface area contributed by atoms with Crippen LogP contribution in [-0.2, 0) is 13.0 Å². The van der Waals surface area contributed by atoms with Crippen LogP contribution in [0.25, 0.3) is 10.9 Å². The van der Waals surface area contributed by atoms with Crippen LogP contribution in [0.3, 0.4) is 0 Å². The first kappa shape index (κ1) is 19.6. The first-order valence-electron chi connectivity index (χ1n) is 9.92. The van der Waals surface area contributed by atoms with Crippen LogP contribution in [0.15, 0.2) is 79.0 Å². The number of para-hydroxylation sites is 1. The second-order valence-corrected chi connectivity index (χ2v) is 7.00. The highest BCUT2D eigenvalue weighted by atomic mass is 16.5. The van der Waals surface area contributed by atoms with Gasteiger partial charge < -0.3 is 19.8 Å². The standard InChI is InChI=1S/C25H24N2O3/c1-29-20-11-12-23-22(15-20)19(16-27-23)13-14-26-25(28)21-9-5-6-10-24(21)30-17-18-7-3-2-4-8-18/h2-12,15-16,27H,13-14,17H2,1H3,(H,26,28). The lowest BCUT2D eigenvalue weighted by molar-refractivity contribution is 0.0949. The number of hydrogen-bond acceptors (Lipinski definition) is 3. The number of carbonyl (C=O) groups is 1. The summed E-state index contributed by atoms with van der Waals surface area (Å²) in [4.78, 5) is 16.0. The van der Waals surface area contributed by atoms with E-state index >= 15 is 0 Å². The van der Waals surface area contributed by atoms with Gasteiger partial charge in [-0.1, -0.05) is 42.5 Å². The van der Waals surface area contributed by atoms with Gasteiger partial charge in [-0.05, 0) is 47.9 Å². The SMILES string of the molecule is COc1ccc2[nH]cc(CCNC(=O)c3ccccc3OCc3ccccc3)c2c1. The van der Waals surface area contributed by atoms with Crippen LogP contribution < -0.4 is 14.8 Å². The summed E-state index contributed by atoms with van der Waals surface area (Å²) in [6.45, 7) is 0.943. The molecule has 3 aromatic carbocycles. The predicted octanol–water partition coefficient (Wildman–Crippen LogP) is 4.73. The Kier molecular flexibility index (Phi) is 5.99. The van der Waals surface area contributed by atoms with Crippen LogP contribution in [0.2, 0.25) is 0 Å². The van der Waals surface area contributed by atoms with Gasteiger partial charge in [0.25, 0.3) is 5.91 Å². The number of amides is 1. The number of carbonyl (C=O) groups excluding carboxylic acids is 1. The molecule has 0 saturated heterocycles. The molecule has 2 N–H and O–H groups in total. The van der Waals surface area contributed by atoms with Crippen LogP contribution >= 0.6 is 0 Å². The Morgan fingerprint density at radius 2 is 1.80 bits per heavy atom. The van der Waals surface area contributed by atoms with Crippen molar-refractivity contribution in [1.29, 1.82) is 0 Å². The van der Waals surface area contributed by atoms with E-state index in [4.69, 9.17) is 9.47 Å². The highest BCUT2D eigenvalue weighted by Crippen LogP contribution is 2.24. The van der Waals surface area contributed by atoms with Crippen LogP contribution in [-0.4, -0.2) is 24.5 Å². The second-order valence-electron chi connectivity index (χ2n) is 7.00. The molecule has 4 aromatic rings. The number of aromatic nitrogens is 1. The summed E-state index contributed by atoms with van der Waals surface area (Å²) in [6.07, 6.45) is 2.69. The minimum Gasteiger partial charge on any atom is -0.497 e. The molecule has 30 heavy (non-hydrogen) atoms. The molecule has 0 atom stereocenters. The van der Waals surface area contributed by atoms with Crippen LogP contribution in [0.5, 0.6) is 11.5 Å². The maximum absolute atomic E-state index is 12.8. The molecule has 5 nitrogen and oxygen atoms in total. The van der Waals surface area contributed by atoms with Gasteiger partial charge >= 0.3 is 0 Å². The zero-order valence-electron chi connectivity index (χ0n) is 16.9. The zero-order chi connectivity index (χ0) is 20.8. The van der Waals surface area contributed by atoms with Crippen molar-refractivity contribution >= 4 is 16.8 Å². The summed E-state index contributed by atoms with van der Waals surface area (Å²) >= 11 is 0. The molecule has 5 heteroatoms. The first-order valence-corrected chi connectivity index (χ1v) is 9.92. The Balaban J connectivity index is 1.39. The smallest absolute Gasteiger partial charge is 0.255 e. The van der Waals surface area contributed by atoms with Gasteiger partial charge in [-0.2, -0.15) is 0 Å². The number of nitrogens with one attached hydrogen (secondary N) is 2. The average Bonchev–Trinajstić information content (AvgIpc) is 3.20. The van der Waals surface area contributed by atoms with E-state index < -0.39 is 0 Å². The van der Waals surface area contributed by atoms with Crippen molar-refractivity contribution in [3.63, 3.8) is 0 Å². The minimum atomic E-state index is -0.143. The third-order valence-corrected chi connectivity index (χ3v) is 5.02. The van der Waals surface area contributed by atoms with E-state index in [1.807, 2.05) is 72.9 Å². The number of ether oxygens (including phenoxy) is 2. The molecule has 0 fully saturated rings. The van der Waals surface area contributed by atoms with Gasteiger partial charge in [-0.15, -0.1) is 0 Å². The molecule has 1 aromatic heterocycles. The second kappa shape index (κ2) is 9.18. The Morgan fingerprint density at radius 1 is 1.00 bits per heavy atom. The van der Waals surface area contributed by atoms with E-state index in [0.717, 1.165) is 27.8 Å². The summed E-state index contributed by atoms with van der Waals surface area (Å²) in [5.74, 6) is 1.25. The number of methoxy groups -OCH3 is 1. The van der Waals surface area contributed by atoms with Crippen molar-refractivity contribution in [2.24, 2.45) is 0 Å². The summed E-state index contributed by atoms with van der Waals surface area (Å²) < 4.78 is 11.2. The molecule has 152 valence electrons. The number of rotatable bonds is 8. The fourth-order valence-electron chi connectivity index (χ4n) is 3.41. The highest BCUT2D eigenvalue weighted by Gasteiger charge is 2.12. The number of H-pyrrole nitrogens is 1. The molecule has 0 aliphatic heterocycles. The van der Waals surface area contributed by atoms with Gasteiger partial charge in [-0.25, -0.2) is 0 Å². The van der Waals surface area contributed by atoms with E-state index in [-0.39, 0.29) is 5.91 Å². The maximum Gasteiger partial charge on any atom is 0.255 e. The lowest BCUT2D eigenvalue weighted by Gasteiger charge is -2.12. The average molecular weight is 400 g/mol. The lowest BCUT2D eigenvalue weighted by atomic mass is 10.1. The van der Waals surface area contributed by atoms with Gasteiger partial charge in [0.05, 0.1) is 12.7 Å². The highest BCUT2D eigenvalue weighted by molar-refractivity contribution is 5.97. The van der Waals surface area contributed by atoms with E-state index in [0.29, 0.717) is 30.9 Å². The Hall–Kier alpha value is -3.73. The van der Waals surface area contributed by atoms with Crippen molar-refractivity contribution < 1.29 is 14.3 Å². The predicted molar refractivity (Wildman–Crippen MR) is 118 cm³/mol. The molecule has 0 aliphatic carbocycles. The molecule has 1 heterocycles. The van der Waals surface area contributed by atoms with Gasteiger partial charge in [0.15, 0.2) is 0 Å². The minimum absolute atomic E-state index is 0.143. The maximum atomic E-state index is 12.8. The van der Waals surface area contributed by atoms with Crippen LogP contribution in [0.1, 0.15) is 21.5 Å². The fraction of sp³-hybridized carbons (Fsp3) is 0.160. The monoisotopic (exact) mass is 400 g/mol. The molecule has 1 amide bonds. The number of hydrogen-bond donors (Lipinski definition) is 2. The molecule has 0 unspecified atom stereocenters. The number of aromatic amines is 1. The van der Waals surface area contributed by atoms with Crippen LogP contribution in [0.4, 0.5) is 0 Å². The fourth-order valence-corrected chi connectivity index (χ4v) is 3.41. The summed E-state index contributed by atoms with van der Waals surface area (Å²) in [5, 5.41) is 4.11. The van der Waals surface area contributed by atoms with Crippen molar-refractivity contribution in [3.8, 4) is 11.5 Å². The first-order chi connectivity index (χ1) is 14.7. The third-order valence-electron chi connectivity index (χ3n) is 5.02. The van der Waals surface area contributed by atoms with Crippen molar-refractivity contribution in [2.75, 3.05) is 13.7 Å². The van der Waals surface area contributed by atoms with Gasteiger partial charge in [0.2, 0.25) is 0 Å². The van der Waals surface area contributed by atoms with E-state index in [2.05, 4.69) is 10.3 Å². The van der Waals surface area contributed by atoms with Gasteiger partial charge in [0, 0.05) is 23.6 Å². The van der Waals surface area contributed by atoms with Crippen molar-refractivity contribution in [1.82, 2.24) is 10.3 Å². The van der Waals surface area contributed by atoms with Crippen molar-refractivity contribution in [2.45, 2.75) is 13.0 Å². The lowest BCUT2D eigenvalue weighted by Crippen LogP contribution is -2.26. The third kappa shape index (κ3) is 4.46. The normalized spacial score (nSPS) is 10.7. The topological polar surface area (TPSA) is 63.3 Å². The molecular weight excluding hydrogens is 376 g/mol. The van der Waals surface area contributed by atoms with Gasteiger partial charge in [0.1, 0.15) is 18.1 Å². The molecule has 4 rings (SSSR count). The quantitative estimate of drug-likeness (QED) is 0.450. The number of benzene rings is 3.